The number of carbonyl (C=O) groups excluding carboxylic acids is 2. The summed E-state index contributed by atoms with van der Waals surface area (Å²) in [4.78, 5) is 39.1. The Labute approximate surface area is 177 Å². The smallest absolute Gasteiger partial charge is 0.475 e. The summed E-state index contributed by atoms with van der Waals surface area (Å²) in [6, 6.07) is 3.50. The standard InChI is InChI=1S/C18H25N3O3.C2HF3O2/c1-12(2)6-17(22)21-9-15-14(11-24-16(15)10-21)8-20-18(23)13-4-3-5-19-7-13;3-2(4,5)1(6)7/h3-5,7,12,14-16H,6,8-11H2,1-2H3,(H,20,23);(H,6,7)/t14-,15+,16+;/m0./s1. The Kier molecular flexibility index (Phi) is 8.37. The van der Waals surface area contributed by atoms with Gasteiger partial charge in [0, 0.05) is 50.3 Å². The molecule has 2 saturated heterocycles. The zero-order valence-corrected chi connectivity index (χ0v) is 17.3. The molecule has 0 aliphatic carbocycles. The van der Waals surface area contributed by atoms with Crippen LogP contribution in [0.15, 0.2) is 24.5 Å². The Bertz CT molecular complexity index is 773. The lowest BCUT2D eigenvalue weighted by Gasteiger charge is -2.21. The summed E-state index contributed by atoms with van der Waals surface area (Å²) in [6.07, 6.45) is -1.18. The maximum Gasteiger partial charge on any atom is 0.490 e. The molecule has 0 radical (unpaired) electrons. The van der Waals surface area contributed by atoms with Gasteiger partial charge < -0.3 is 20.1 Å². The van der Waals surface area contributed by atoms with Crippen molar-refractivity contribution in [1.82, 2.24) is 15.2 Å². The van der Waals surface area contributed by atoms with E-state index in [2.05, 4.69) is 24.1 Å². The number of ether oxygens (including phenoxy) is 1. The van der Waals surface area contributed by atoms with Gasteiger partial charge in [-0.3, -0.25) is 14.6 Å². The van der Waals surface area contributed by atoms with Gasteiger partial charge in [0.1, 0.15) is 0 Å². The highest BCUT2D eigenvalue weighted by Gasteiger charge is 2.45. The average molecular weight is 445 g/mol. The fourth-order valence-corrected chi connectivity index (χ4v) is 3.51. The number of fused-ring (bicyclic) bond motifs is 1. The van der Waals surface area contributed by atoms with Crippen LogP contribution in [0.4, 0.5) is 13.2 Å². The van der Waals surface area contributed by atoms with Gasteiger partial charge in [0.2, 0.25) is 5.91 Å². The minimum Gasteiger partial charge on any atom is -0.475 e. The number of hydrogen-bond donors (Lipinski definition) is 2. The van der Waals surface area contributed by atoms with Crippen LogP contribution < -0.4 is 5.32 Å². The zero-order valence-electron chi connectivity index (χ0n) is 17.3. The average Bonchev–Trinajstić information content (AvgIpc) is 3.27. The van der Waals surface area contributed by atoms with Crippen molar-refractivity contribution in [3.8, 4) is 0 Å². The van der Waals surface area contributed by atoms with E-state index in [9.17, 15) is 22.8 Å². The number of aromatic nitrogens is 1. The van der Waals surface area contributed by atoms with E-state index in [0.29, 0.717) is 43.5 Å². The largest absolute Gasteiger partial charge is 0.490 e. The number of carboxylic acids is 1. The van der Waals surface area contributed by atoms with Crippen molar-refractivity contribution in [2.24, 2.45) is 17.8 Å². The molecule has 0 aromatic carbocycles. The van der Waals surface area contributed by atoms with E-state index in [-0.39, 0.29) is 23.8 Å². The highest BCUT2D eigenvalue weighted by molar-refractivity contribution is 5.93. The van der Waals surface area contributed by atoms with Gasteiger partial charge in [-0.2, -0.15) is 13.2 Å². The van der Waals surface area contributed by atoms with Crippen LogP contribution in [0.3, 0.4) is 0 Å². The highest BCUT2D eigenvalue weighted by atomic mass is 19.4. The molecule has 2 fully saturated rings. The van der Waals surface area contributed by atoms with E-state index < -0.39 is 12.1 Å². The van der Waals surface area contributed by atoms with Crippen LogP contribution in [0.2, 0.25) is 0 Å². The summed E-state index contributed by atoms with van der Waals surface area (Å²) in [5, 5.41) is 10.1. The van der Waals surface area contributed by atoms with Crippen molar-refractivity contribution in [2.75, 3.05) is 26.2 Å². The van der Waals surface area contributed by atoms with Crippen LogP contribution in [0.1, 0.15) is 30.6 Å². The zero-order chi connectivity index (χ0) is 23.2. The second-order valence-corrected chi connectivity index (χ2v) is 7.95. The van der Waals surface area contributed by atoms with Crippen molar-refractivity contribution < 1.29 is 37.4 Å². The Morgan fingerprint density at radius 3 is 2.55 bits per heavy atom. The molecule has 2 aliphatic rings. The summed E-state index contributed by atoms with van der Waals surface area (Å²) in [6.45, 7) is 6.76. The monoisotopic (exact) mass is 445 g/mol. The normalized spacial score (nSPS) is 22.5. The molecule has 3 atom stereocenters. The van der Waals surface area contributed by atoms with Crippen molar-refractivity contribution in [3.63, 3.8) is 0 Å². The van der Waals surface area contributed by atoms with Crippen LogP contribution in [0.25, 0.3) is 0 Å². The molecule has 1 aromatic heterocycles. The van der Waals surface area contributed by atoms with Gasteiger partial charge in [-0.25, -0.2) is 4.79 Å². The molecule has 2 aliphatic heterocycles. The van der Waals surface area contributed by atoms with Gasteiger partial charge in [0.05, 0.1) is 18.3 Å². The van der Waals surface area contributed by atoms with Gasteiger partial charge in [0.25, 0.3) is 5.91 Å². The van der Waals surface area contributed by atoms with Crippen molar-refractivity contribution in [2.45, 2.75) is 32.5 Å². The molecule has 0 saturated carbocycles. The number of halogens is 3. The van der Waals surface area contributed by atoms with E-state index in [1.165, 1.54) is 0 Å². The molecule has 2 N–H and O–H groups in total. The lowest BCUT2D eigenvalue weighted by atomic mass is 9.93. The van der Waals surface area contributed by atoms with Gasteiger partial charge in [-0.05, 0) is 18.1 Å². The maximum absolute atomic E-state index is 12.2. The number of rotatable bonds is 5. The topological polar surface area (TPSA) is 109 Å². The van der Waals surface area contributed by atoms with Crippen LogP contribution in [-0.4, -0.2) is 71.3 Å². The molecule has 0 bridgehead atoms. The highest BCUT2D eigenvalue weighted by Crippen LogP contribution is 2.33. The first kappa shape index (κ1) is 24.6. The van der Waals surface area contributed by atoms with Crippen molar-refractivity contribution in [3.05, 3.63) is 30.1 Å². The summed E-state index contributed by atoms with van der Waals surface area (Å²) in [7, 11) is 0. The molecule has 3 rings (SSSR count). The Morgan fingerprint density at radius 2 is 2.00 bits per heavy atom. The van der Waals surface area contributed by atoms with E-state index in [1.54, 1.807) is 24.5 Å². The third-order valence-electron chi connectivity index (χ3n) is 5.07. The van der Waals surface area contributed by atoms with Crippen LogP contribution in [0, 0.1) is 17.8 Å². The minimum atomic E-state index is -5.08. The molecule has 11 heteroatoms. The molecule has 2 amide bonds. The molecular weight excluding hydrogens is 419 g/mol. The second kappa shape index (κ2) is 10.6. The fraction of sp³-hybridized carbons (Fsp3) is 0.600. The summed E-state index contributed by atoms with van der Waals surface area (Å²) >= 11 is 0. The van der Waals surface area contributed by atoms with E-state index in [4.69, 9.17) is 14.6 Å². The number of carbonyl (C=O) groups is 3. The molecule has 3 heterocycles. The first-order chi connectivity index (χ1) is 14.5. The fourth-order valence-electron chi connectivity index (χ4n) is 3.51. The lowest BCUT2D eigenvalue weighted by molar-refractivity contribution is -0.192. The van der Waals surface area contributed by atoms with Gasteiger partial charge in [-0.1, -0.05) is 13.8 Å². The predicted molar refractivity (Wildman–Crippen MR) is 103 cm³/mol. The number of nitrogens with one attached hydrogen (secondary N) is 1. The molecule has 172 valence electrons. The second-order valence-electron chi connectivity index (χ2n) is 7.95. The lowest BCUT2D eigenvalue weighted by Crippen LogP contribution is -2.35. The number of pyridine rings is 1. The Hall–Kier alpha value is -2.69. The predicted octanol–water partition coefficient (Wildman–Crippen LogP) is 1.96. The van der Waals surface area contributed by atoms with E-state index in [0.717, 1.165) is 6.54 Å². The quantitative estimate of drug-likeness (QED) is 0.717. The number of carboxylic acid groups (broad SMARTS) is 1. The van der Waals surface area contributed by atoms with Crippen molar-refractivity contribution in [1.29, 1.82) is 0 Å². The Morgan fingerprint density at radius 1 is 1.32 bits per heavy atom. The van der Waals surface area contributed by atoms with Crippen LogP contribution >= 0.6 is 0 Å². The van der Waals surface area contributed by atoms with Gasteiger partial charge >= 0.3 is 12.1 Å². The van der Waals surface area contributed by atoms with Gasteiger partial charge in [0.15, 0.2) is 0 Å². The van der Waals surface area contributed by atoms with Crippen LogP contribution in [-0.2, 0) is 14.3 Å². The molecule has 31 heavy (non-hydrogen) atoms. The van der Waals surface area contributed by atoms with E-state index >= 15 is 0 Å². The Balaban J connectivity index is 0.000000423. The number of hydrogen-bond acceptors (Lipinski definition) is 5. The molecule has 8 nitrogen and oxygen atoms in total. The summed E-state index contributed by atoms with van der Waals surface area (Å²) < 4.78 is 37.6. The number of alkyl halides is 3. The third-order valence-corrected chi connectivity index (χ3v) is 5.07. The summed E-state index contributed by atoms with van der Waals surface area (Å²) in [5.41, 5.74) is 0.563. The molecule has 1 aromatic rings. The van der Waals surface area contributed by atoms with Crippen molar-refractivity contribution >= 4 is 17.8 Å². The number of aliphatic carboxylic acids is 1. The molecule has 0 unspecified atom stereocenters. The maximum atomic E-state index is 12.2. The van der Waals surface area contributed by atoms with E-state index in [1.807, 2.05) is 4.90 Å². The SMILES string of the molecule is CC(C)CC(=O)N1C[C@@H]2[C@@H](CNC(=O)c3cccnc3)CO[C@@H]2C1.O=C(O)C(F)(F)F. The molecule has 0 spiro atoms. The third kappa shape index (κ3) is 7.20. The van der Waals surface area contributed by atoms with Crippen LogP contribution in [0.5, 0.6) is 0 Å². The summed E-state index contributed by atoms with van der Waals surface area (Å²) in [5.74, 6) is -1.72. The first-order valence-corrected chi connectivity index (χ1v) is 9.86. The first-order valence-electron chi connectivity index (χ1n) is 9.86. The van der Waals surface area contributed by atoms with Gasteiger partial charge in [-0.15, -0.1) is 0 Å². The molecular formula is C20H26F3N3O5. The number of nitrogens with zero attached hydrogens (tertiary/aromatic N) is 2. The minimum absolute atomic E-state index is 0.112. The number of likely N-dealkylation sites (tertiary alicyclic amines) is 1. The number of amides is 2.